The quantitative estimate of drug-likeness (QED) is 0.465. The highest BCUT2D eigenvalue weighted by Crippen LogP contribution is 2.50. The lowest BCUT2D eigenvalue weighted by Crippen LogP contribution is -2.63. The van der Waals surface area contributed by atoms with Crippen molar-refractivity contribution >= 4 is 41.1 Å². The highest BCUT2D eigenvalue weighted by Gasteiger charge is 2.59. The van der Waals surface area contributed by atoms with E-state index in [2.05, 4.69) is 22.1 Å². The van der Waals surface area contributed by atoms with Gasteiger partial charge in [-0.1, -0.05) is 18.7 Å². The van der Waals surface area contributed by atoms with Crippen LogP contribution in [0.3, 0.4) is 0 Å². The van der Waals surface area contributed by atoms with Gasteiger partial charge in [-0.2, -0.15) is 4.57 Å². The fraction of sp³-hybridized carbons (Fsp3) is 0.450. The first kappa shape index (κ1) is 20.3. The number of carbonyl (C=O) groups excluding carboxylic acids is 1. The van der Waals surface area contributed by atoms with E-state index in [0.717, 1.165) is 18.0 Å². The van der Waals surface area contributed by atoms with Crippen LogP contribution in [-0.4, -0.2) is 51.4 Å². The fourth-order valence-corrected chi connectivity index (χ4v) is 6.05. The zero-order valence-electron chi connectivity index (χ0n) is 16.2. The molecule has 3 N–H and O–H groups in total. The Morgan fingerprint density at radius 2 is 2.34 bits per heavy atom. The maximum Gasteiger partial charge on any atom is 0.353 e. The van der Waals surface area contributed by atoms with Crippen molar-refractivity contribution in [1.82, 2.24) is 4.90 Å². The number of nitrogens with one attached hydrogen (secondary N) is 1. The number of fused-ring (bicyclic) bond motifs is 2. The van der Waals surface area contributed by atoms with Gasteiger partial charge < -0.3 is 20.4 Å². The molecule has 0 spiro atoms. The number of β-lactam (4-membered cyclic amide) rings is 1. The first-order chi connectivity index (χ1) is 13.9. The van der Waals surface area contributed by atoms with Gasteiger partial charge in [-0.3, -0.25) is 4.79 Å². The molecule has 3 aliphatic heterocycles. The van der Waals surface area contributed by atoms with Crippen LogP contribution >= 0.6 is 23.5 Å². The van der Waals surface area contributed by atoms with Gasteiger partial charge in [0.1, 0.15) is 11.4 Å². The van der Waals surface area contributed by atoms with Crippen molar-refractivity contribution < 1.29 is 24.4 Å². The Balaban J connectivity index is 1.46. The fourth-order valence-electron chi connectivity index (χ4n) is 4.21. The van der Waals surface area contributed by atoms with Gasteiger partial charge in [-0.25, -0.2) is 4.79 Å². The van der Waals surface area contributed by atoms with E-state index in [4.69, 9.17) is 0 Å². The number of amides is 1. The van der Waals surface area contributed by atoms with E-state index >= 15 is 0 Å². The van der Waals surface area contributed by atoms with Crippen LogP contribution in [0.25, 0.3) is 0 Å². The third-order valence-electron chi connectivity index (χ3n) is 5.57. The van der Waals surface area contributed by atoms with Crippen molar-refractivity contribution in [2.45, 2.75) is 37.4 Å². The van der Waals surface area contributed by atoms with Gasteiger partial charge in [-0.15, -0.1) is 11.8 Å². The van der Waals surface area contributed by atoms with Crippen molar-refractivity contribution in [2.24, 2.45) is 11.8 Å². The molecule has 1 aromatic heterocycles. The number of hydrogen-bond acceptors (Lipinski definition) is 6. The molecule has 29 heavy (non-hydrogen) atoms. The predicted octanol–water partition coefficient (Wildman–Crippen LogP) is 1.89. The summed E-state index contributed by atoms with van der Waals surface area (Å²) in [6.45, 7) is 5.13. The topological polar surface area (TPSA) is 93.8 Å². The van der Waals surface area contributed by atoms with Crippen molar-refractivity contribution in [3.8, 4) is 0 Å². The molecule has 1 aromatic rings. The number of pyridine rings is 1. The van der Waals surface area contributed by atoms with Gasteiger partial charge >= 0.3 is 5.97 Å². The summed E-state index contributed by atoms with van der Waals surface area (Å²) in [5, 5.41) is 24.8. The number of aliphatic hydroxyl groups excluding tert-OH is 1. The zero-order valence-corrected chi connectivity index (χ0v) is 17.9. The summed E-state index contributed by atoms with van der Waals surface area (Å²) in [4.78, 5) is 27.4. The Labute approximate surface area is 177 Å². The Morgan fingerprint density at radius 1 is 1.55 bits per heavy atom. The summed E-state index contributed by atoms with van der Waals surface area (Å²) in [7, 11) is 0. The molecule has 0 aromatic carbocycles. The summed E-state index contributed by atoms with van der Waals surface area (Å²) in [6.07, 6.45) is 5.31. The number of carbonyl (C=O) groups is 2. The number of aromatic nitrogens is 1. The van der Waals surface area contributed by atoms with Crippen molar-refractivity contribution in [3.05, 3.63) is 40.5 Å². The molecule has 1 fully saturated rings. The third-order valence-corrected chi connectivity index (χ3v) is 7.79. The molecule has 0 radical (unpaired) electrons. The van der Waals surface area contributed by atoms with Crippen LogP contribution in [0.5, 0.6) is 0 Å². The highest BCUT2D eigenvalue weighted by molar-refractivity contribution is 8.05. The number of carboxylic acids is 1. The minimum absolute atomic E-state index is 0.0571. The number of aliphatic hydroxyl groups is 1. The predicted molar refractivity (Wildman–Crippen MR) is 112 cm³/mol. The van der Waals surface area contributed by atoms with Crippen molar-refractivity contribution in [2.75, 3.05) is 17.6 Å². The minimum atomic E-state index is -1.10. The molecule has 4 atom stereocenters. The number of hydrogen-bond donors (Lipinski definition) is 3. The monoisotopic (exact) mass is 434 g/mol. The summed E-state index contributed by atoms with van der Waals surface area (Å²) in [6, 6.07) is 1.83. The Hall–Kier alpha value is -1.97. The van der Waals surface area contributed by atoms with Crippen LogP contribution in [0.1, 0.15) is 13.8 Å². The Bertz CT molecular complexity index is 915. The highest BCUT2D eigenvalue weighted by atomic mass is 32.2. The first-order valence-corrected chi connectivity index (χ1v) is 11.5. The molecule has 9 heteroatoms. The van der Waals surface area contributed by atoms with Gasteiger partial charge in [-0.05, 0) is 18.4 Å². The molecule has 0 unspecified atom stereocenters. The second-order valence-corrected chi connectivity index (χ2v) is 9.54. The average Bonchev–Trinajstić information content (AvgIpc) is 2.93. The van der Waals surface area contributed by atoms with Crippen LogP contribution in [-0.2, 0) is 16.1 Å². The zero-order chi connectivity index (χ0) is 20.7. The van der Waals surface area contributed by atoms with Gasteiger partial charge in [0.05, 0.1) is 18.1 Å². The molecule has 4 heterocycles. The molecule has 0 saturated carbocycles. The number of rotatable bonds is 6. The number of carboxylic acid groups (broad SMARTS) is 1. The molecule has 0 bridgehead atoms. The molecular weight excluding hydrogens is 410 g/mol. The first-order valence-electron chi connectivity index (χ1n) is 9.60. The van der Waals surface area contributed by atoms with E-state index in [1.807, 2.05) is 36.4 Å². The van der Waals surface area contributed by atoms with E-state index in [1.165, 1.54) is 21.6 Å². The summed E-state index contributed by atoms with van der Waals surface area (Å²) < 4.78 is 2.07. The van der Waals surface area contributed by atoms with Crippen LogP contribution < -0.4 is 9.88 Å². The molecule has 154 valence electrons. The largest absolute Gasteiger partial charge is 0.477 e. The second kappa shape index (κ2) is 8.04. The number of aliphatic carboxylic acids is 1. The smallest absolute Gasteiger partial charge is 0.353 e. The van der Waals surface area contributed by atoms with E-state index in [0.29, 0.717) is 11.4 Å². The van der Waals surface area contributed by atoms with Crippen LogP contribution in [0.15, 0.2) is 45.4 Å². The molecular formula is C20H24N3O4S2+. The Morgan fingerprint density at radius 3 is 3.07 bits per heavy atom. The van der Waals surface area contributed by atoms with E-state index in [1.54, 1.807) is 6.92 Å². The van der Waals surface area contributed by atoms with E-state index in [9.17, 15) is 19.8 Å². The second-order valence-electron chi connectivity index (χ2n) is 7.46. The van der Waals surface area contributed by atoms with Gasteiger partial charge in [0.15, 0.2) is 18.9 Å². The number of nitrogens with zero attached hydrogens (tertiary/aromatic N) is 2. The number of allylic oxidation sites excluding steroid dienone is 1. The van der Waals surface area contributed by atoms with E-state index in [-0.39, 0.29) is 23.6 Å². The normalized spacial score (nSPS) is 26.8. The minimum Gasteiger partial charge on any atom is -0.477 e. The van der Waals surface area contributed by atoms with Gasteiger partial charge in [0.2, 0.25) is 5.91 Å². The SMILES string of the molecule is C[C@@H](O)[C@H]1C(=O)N2C(C(=O)O)=C(S/C=C\C[n+]3ccc4c(c3)NCCS4)[C@H](C)[C@H]12. The maximum absolute atomic E-state index is 12.4. The number of anilines is 1. The molecule has 7 nitrogen and oxygen atoms in total. The maximum atomic E-state index is 12.4. The molecule has 4 rings (SSSR count). The molecule has 3 aliphatic rings. The molecule has 0 aliphatic carbocycles. The lowest BCUT2D eigenvalue weighted by atomic mass is 9.79. The Kier molecular flexibility index (Phi) is 5.63. The standard InChI is InChI=1S/C20H23N3O4S2/c1-11-16-15(12(2)24)19(25)23(16)17(20(26)27)18(11)29-8-3-6-22-7-4-14-13(10-22)21-5-9-28-14/h3-4,7-8,10-12,15-16,21,24H,5-6,9H2,1-2H3/p+1/b8-3-/t11-,12-,15-,16-/m1/s1. The third kappa shape index (κ3) is 3.55. The van der Waals surface area contributed by atoms with Crippen molar-refractivity contribution in [1.29, 1.82) is 0 Å². The van der Waals surface area contributed by atoms with Crippen LogP contribution in [0.2, 0.25) is 0 Å². The van der Waals surface area contributed by atoms with Gasteiger partial charge in [0.25, 0.3) is 0 Å². The number of thioether (sulfide) groups is 2. The summed E-state index contributed by atoms with van der Waals surface area (Å²) in [5.74, 6) is -0.976. The molecule has 1 saturated heterocycles. The molecule has 1 amide bonds. The van der Waals surface area contributed by atoms with Gasteiger partial charge in [0, 0.05) is 34.1 Å². The van der Waals surface area contributed by atoms with Crippen LogP contribution in [0, 0.1) is 11.8 Å². The average molecular weight is 435 g/mol. The van der Waals surface area contributed by atoms with E-state index < -0.39 is 18.0 Å². The summed E-state index contributed by atoms with van der Waals surface area (Å²) in [5.41, 5.74) is 1.19. The lowest BCUT2D eigenvalue weighted by molar-refractivity contribution is -0.686. The van der Waals surface area contributed by atoms with Crippen LogP contribution in [0.4, 0.5) is 5.69 Å². The lowest BCUT2D eigenvalue weighted by Gasteiger charge is -2.46. The van der Waals surface area contributed by atoms with Crippen molar-refractivity contribution in [3.63, 3.8) is 0 Å². The summed E-state index contributed by atoms with van der Waals surface area (Å²) >= 11 is 3.19.